The van der Waals surface area contributed by atoms with Crippen LogP contribution in [0.2, 0.25) is 5.02 Å². The summed E-state index contributed by atoms with van der Waals surface area (Å²) in [5.41, 5.74) is 8.60. The Morgan fingerprint density at radius 3 is 2.58 bits per heavy atom. The van der Waals surface area contributed by atoms with Gasteiger partial charge in [0, 0.05) is 11.1 Å². The van der Waals surface area contributed by atoms with E-state index in [1.807, 2.05) is 19.1 Å². The molecule has 0 bridgehead atoms. The zero-order chi connectivity index (χ0) is 14.0. The fourth-order valence-electron chi connectivity index (χ4n) is 2.06. The SMILES string of the molecule is Cc1c(Cl)cccc1C(N)Cc1ccc(F)c(F)c1. The largest absolute Gasteiger partial charge is 0.324 e. The maximum atomic E-state index is 13.1. The van der Waals surface area contributed by atoms with Gasteiger partial charge in [0.2, 0.25) is 0 Å². The van der Waals surface area contributed by atoms with Crippen molar-refractivity contribution in [2.24, 2.45) is 5.73 Å². The van der Waals surface area contributed by atoms with E-state index in [0.29, 0.717) is 17.0 Å². The molecule has 0 spiro atoms. The first-order chi connectivity index (χ1) is 8.99. The van der Waals surface area contributed by atoms with Crippen molar-refractivity contribution in [3.8, 4) is 0 Å². The zero-order valence-electron chi connectivity index (χ0n) is 10.5. The van der Waals surface area contributed by atoms with Crippen LogP contribution in [0.4, 0.5) is 8.78 Å². The third-order valence-corrected chi connectivity index (χ3v) is 3.56. The summed E-state index contributed by atoms with van der Waals surface area (Å²) in [4.78, 5) is 0. The van der Waals surface area contributed by atoms with Gasteiger partial charge < -0.3 is 5.73 Å². The van der Waals surface area contributed by atoms with Crippen LogP contribution >= 0.6 is 11.6 Å². The van der Waals surface area contributed by atoms with Crippen LogP contribution in [0.5, 0.6) is 0 Å². The first-order valence-electron chi connectivity index (χ1n) is 5.93. The van der Waals surface area contributed by atoms with Crippen LogP contribution in [0.1, 0.15) is 22.7 Å². The van der Waals surface area contributed by atoms with Gasteiger partial charge in [-0.1, -0.05) is 29.8 Å². The van der Waals surface area contributed by atoms with E-state index in [1.54, 1.807) is 6.07 Å². The van der Waals surface area contributed by atoms with Gasteiger partial charge in [-0.2, -0.15) is 0 Å². The molecule has 0 heterocycles. The fraction of sp³-hybridized carbons (Fsp3) is 0.200. The molecule has 1 unspecified atom stereocenters. The van der Waals surface area contributed by atoms with E-state index in [-0.39, 0.29) is 6.04 Å². The van der Waals surface area contributed by atoms with E-state index in [0.717, 1.165) is 17.2 Å². The summed E-state index contributed by atoms with van der Waals surface area (Å²) in [5, 5.41) is 0.651. The first-order valence-corrected chi connectivity index (χ1v) is 6.31. The minimum Gasteiger partial charge on any atom is -0.324 e. The summed E-state index contributed by atoms with van der Waals surface area (Å²) in [7, 11) is 0. The summed E-state index contributed by atoms with van der Waals surface area (Å²) < 4.78 is 26.0. The lowest BCUT2D eigenvalue weighted by molar-refractivity contribution is 0.506. The second-order valence-electron chi connectivity index (χ2n) is 4.51. The third kappa shape index (κ3) is 3.11. The van der Waals surface area contributed by atoms with Gasteiger partial charge in [0.1, 0.15) is 0 Å². The molecule has 0 saturated carbocycles. The van der Waals surface area contributed by atoms with Crippen molar-refractivity contribution < 1.29 is 8.78 Å². The predicted octanol–water partition coefficient (Wildman–Crippen LogP) is 4.17. The summed E-state index contributed by atoms with van der Waals surface area (Å²) >= 11 is 6.04. The Morgan fingerprint density at radius 1 is 1.16 bits per heavy atom. The second-order valence-corrected chi connectivity index (χ2v) is 4.92. The Bertz CT molecular complexity index is 599. The number of nitrogens with two attached hydrogens (primary N) is 1. The maximum Gasteiger partial charge on any atom is 0.159 e. The van der Waals surface area contributed by atoms with Crippen LogP contribution in [0.15, 0.2) is 36.4 Å². The third-order valence-electron chi connectivity index (χ3n) is 3.15. The standard InChI is InChI=1S/C15H14ClF2N/c1-9-11(3-2-4-12(9)16)15(19)8-10-5-6-13(17)14(18)7-10/h2-7,15H,8,19H2,1H3. The molecule has 2 N–H and O–H groups in total. The van der Waals surface area contributed by atoms with Crippen LogP contribution in [-0.4, -0.2) is 0 Å². The van der Waals surface area contributed by atoms with Gasteiger partial charge in [0.15, 0.2) is 11.6 Å². The molecule has 0 aliphatic heterocycles. The lowest BCUT2D eigenvalue weighted by Gasteiger charge is -2.15. The van der Waals surface area contributed by atoms with Crippen molar-refractivity contribution >= 4 is 11.6 Å². The van der Waals surface area contributed by atoms with Crippen LogP contribution in [0.25, 0.3) is 0 Å². The Hall–Kier alpha value is -1.45. The van der Waals surface area contributed by atoms with Crippen molar-refractivity contribution in [1.82, 2.24) is 0 Å². The molecule has 4 heteroatoms. The van der Waals surface area contributed by atoms with E-state index in [4.69, 9.17) is 17.3 Å². The van der Waals surface area contributed by atoms with Crippen LogP contribution in [0, 0.1) is 18.6 Å². The summed E-state index contributed by atoms with van der Waals surface area (Å²) in [6, 6.07) is 9.05. The molecule has 0 fully saturated rings. The van der Waals surface area contributed by atoms with Crippen molar-refractivity contribution in [1.29, 1.82) is 0 Å². The highest BCUT2D eigenvalue weighted by atomic mass is 35.5. The monoisotopic (exact) mass is 281 g/mol. The second kappa shape index (κ2) is 5.68. The van der Waals surface area contributed by atoms with Crippen LogP contribution < -0.4 is 5.73 Å². The fourth-order valence-corrected chi connectivity index (χ4v) is 2.24. The number of rotatable bonds is 3. The van der Waals surface area contributed by atoms with Crippen molar-refractivity contribution in [3.05, 3.63) is 69.7 Å². The zero-order valence-corrected chi connectivity index (χ0v) is 11.2. The molecule has 2 rings (SSSR count). The number of hydrogen-bond donors (Lipinski definition) is 1. The van der Waals surface area contributed by atoms with E-state index < -0.39 is 11.6 Å². The molecule has 2 aromatic carbocycles. The van der Waals surface area contributed by atoms with Gasteiger partial charge in [-0.05, 0) is 48.2 Å². The lowest BCUT2D eigenvalue weighted by Crippen LogP contribution is -2.15. The molecule has 1 nitrogen and oxygen atoms in total. The minimum atomic E-state index is -0.854. The Kier molecular flexibility index (Phi) is 4.17. The topological polar surface area (TPSA) is 26.0 Å². The van der Waals surface area contributed by atoms with Gasteiger partial charge in [0.05, 0.1) is 0 Å². The average molecular weight is 282 g/mol. The molecular formula is C15H14ClF2N. The quantitative estimate of drug-likeness (QED) is 0.898. The summed E-state index contributed by atoms with van der Waals surface area (Å²) in [6.07, 6.45) is 0.429. The minimum absolute atomic E-state index is 0.302. The predicted molar refractivity (Wildman–Crippen MR) is 73.2 cm³/mol. The molecule has 19 heavy (non-hydrogen) atoms. The average Bonchev–Trinajstić information content (AvgIpc) is 2.37. The molecule has 1 atom stereocenters. The summed E-state index contributed by atoms with van der Waals surface area (Å²) in [5.74, 6) is -1.70. The maximum absolute atomic E-state index is 13.1. The molecule has 0 radical (unpaired) electrons. The Balaban J connectivity index is 2.23. The normalized spacial score (nSPS) is 12.5. The van der Waals surface area contributed by atoms with Gasteiger partial charge >= 0.3 is 0 Å². The molecule has 0 aliphatic rings. The van der Waals surface area contributed by atoms with Crippen molar-refractivity contribution in [3.63, 3.8) is 0 Å². The number of benzene rings is 2. The Morgan fingerprint density at radius 2 is 1.89 bits per heavy atom. The number of hydrogen-bond acceptors (Lipinski definition) is 1. The molecule has 0 amide bonds. The van der Waals surface area contributed by atoms with E-state index >= 15 is 0 Å². The van der Waals surface area contributed by atoms with Crippen molar-refractivity contribution in [2.45, 2.75) is 19.4 Å². The highest BCUT2D eigenvalue weighted by molar-refractivity contribution is 6.31. The van der Waals surface area contributed by atoms with Gasteiger partial charge in [-0.15, -0.1) is 0 Å². The smallest absolute Gasteiger partial charge is 0.159 e. The first kappa shape index (κ1) is 14.0. The summed E-state index contributed by atoms with van der Waals surface area (Å²) in [6.45, 7) is 1.89. The molecule has 100 valence electrons. The molecule has 0 aliphatic carbocycles. The Labute approximate surface area is 116 Å². The highest BCUT2D eigenvalue weighted by Gasteiger charge is 2.12. The lowest BCUT2D eigenvalue weighted by atomic mass is 9.96. The van der Waals surface area contributed by atoms with E-state index in [2.05, 4.69) is 0 Å². The highest BCUT2D eigenvalue weighted by Crippen LogP contribution is 2.25. The molecule has 0 saturated heterocycles. The van der Waals surface area contributed by atoms with Crippen molar-refractivity contribution in [2.75, 3.05) is 0 Å². The van der Waals surface area contributed by atoms with Crippen LogP contribution in [0.3, 0.4) is 0 Å². The molecule has 2 aromatic rings. The van der Waals surface area contributed by atoms with E-state index in [1.165, 1.54) is 12.1 Å². The number of halogens is 3. The van der Waals surface area contributed by atoms with E-state index in [9.17, 15) is 8.78 Å². The van der Waals surface area contributed by atoms with Gasteiger partial charge in [0.25, 0.3) is 0 Å². The van der Waals surface area contributed by atoms with Gasteiger partial charge in [-0.3, -0.25) is 0 Å². The molecular weight excluding hydrogens is 268 g/mol. The van der Waals surface area contributed by atoms with Crippen LogP contribution in [-0.2, 0) is 6.42 Å². The molecule has 0 aromatic heterocycles. The van der Waals surface area contributed by atoms with Gasteiger partial charge in [-0.25, -0.2) is 8.78 Å².